The van der Waals surface area contributed by atoms with Crippen molar-refractivity contribution in [1.82, 2.24) is 19.5 Å². The largest absolute Gasteiger partial charge is 0.491 e. The van der Waals surface area contributed by atoms with Crippen LogP contribution in [0.15, 0.2) is 49.1 Å². The smallest absolute Gasteiger partial charge is 0.164 e. The molecule has 0 unspecified atom stereocenters. The Hall–Kier alpha value is -3.27. The first-order valence-corrected chi connectivity index (χ1v) is 9.59. The molecule has 1 fully saturated rings. The number of aliphatic hydroxyl groups is 2. The minimum absolute atomic E-state index is 0.0723. The molecule has 0 spiro atoms. The Kier molecular flexibility index (Phi) is 4.50. The van der Waals surface area contributed by atoms with Crippen LogP contribution in [0.1, 0.15) is 11.8 Å². The molecule has 4 heterocycles. The Morgan fingerprint density at radius 2 is 2.00 bits per heavy atom. The van der Waals surface area contributed by atoms with E-state index in [0.717, 1.165) is 16.5 Å². The van der Waals surface area contributed by atoms with Crippen molar-refractivity contribution in [3.8, 4) is 5.75 Å². The summed E-state index contributed by atoms with van der Waals surface area (Å²) in [4.78, 5) is 12.6. The second-order valence-electron chi connectivity index (χ2n) is 7.39. The minimum Gasteiger partial charge on any atom is -0.491 e. The molecule has 154 valence electrons. The molecule has 0 amide bonds. The lowest BCUT2D eigenvalue weighted by Crippen LogP contribution is -2.34. The Balaban J connectivity index is 1.36. The van der Waals surface area contributed by atoms with Crippen LogP contribution in [0.2, 0.25) is 0 Å². The summed E-state index contributed by atoms with van der Waals surface area (Å²) < 4.78 is 13.5. The maximum Gasteiger partial charge on any atom is 0.164 e. The van der Waals surface area contributed by atoms with Gasteiger partial charge < -0.3 is 30.0 Å². The summed E-state index contributed by atoms with van der Waals surface area (Å²) in [7, 11) is 0. The summed E-state index contributed by atoms with van der Waals surface area (Å²) in [5.74, 6) is 0.964. The molecular formula is C21H21N5O4. The van der Waals surface area contributed by atoms with E-state index in [1.54, 1.807) is 23.0 Å². The highest BCUT2D eigenvalue weighted by atomic mass is 16.6. The van der Waals surface area contributed by atoms with Crippen molar-refractivity contribution < 1.29 is 19.7 Å². The first-order valence-electron chi connectivity index (χ1n) is 9.59. The zero-order valence-electron chi connectivity index (χ0n) is 16.2. The van der Waals surface area contributed by atoms with Crippen LogP contribution in [0.25, 0.3) is 21.9 Å². The normalized spacial score (nSPS) is 24.0. The van der Waals surface area contributed by atoms with Gasteiger partial charge in [0.25, 0.3) is 0 Å². The van der Waals surface area contributed by atoms with Crippen LogP contribution in [-0.4, -0.2) is 54.7 Å². The minimum atomic E-state index is -1.15. The average Bonchev–Trinajstić information content (AvgIpc) is 3.29. The van der Waals surface area contributed by atoms with E-state index >= 15 is 0 Å². The lowest BCUT2D eigenvalue weighted by atomic mass is 10.1. The second kappa shape index (κ2) is 7.21. The number of aliphatic hydroxyl groups excluding tert-OH is 2. The SMILES string of the molecule is Cc1cc(OC[C@H]2O[C@@H](n3ccc4c(N)ncnc43)[C@H](O)[C@@H]2O)cc2ncccc12. The Morgan fingerprint density at radius 3 is 2.87 bits per heavy atom. The molecular weight excluding hydrogens is 386 g/mol. The van der Waals surface area contributed by atoms with Gasteiger partial charge in [-0.15, -0.1) is 0 Å². The van der Waals surface area contributed by atoms with E-state index in [9.17, 15) is 10.2 Å². The zero-order valence-corrected chi connectivity index (χ0v) is 16.2. The molecule has 0 bridgehead atoms. The number of nitrogen functional groups attached to an aromatic ring is 1. The van der Waals surface area contributed by atoms with Crippen molar-refractivity contribution in [2.45, 2.75) is 31.5 Å². The molecule has 0 radical (unpaired) electrons. The van der Waals surface area contributed by atoms with Crippen molar-refractivity contribution in [3.05, 3.63) is 54.6 Å². The quantitative estimate of drug-likeness (QED) is 0.465. The molecule has 0 aliphatic carbocycles. The number of ether oxygens (including phenoxy) is 2. The van der Waals surface area contributed by atoms with Gasteiger partial charge in [-0.05, 0) is 30.7 Å². The maximum atomic E-state index is 10.6. The third-order valence-corrected chi connectivity index (χ3v) is 5.47. The Labute approximate surface area is 171 Å². The highest BCUT2D eigenvalue weighted by Crippen LogP contribution is 2.33. The van der Waals surface area contributed by atoms with E-state index in [1.807, 2.05) is 31.2 Å². The first-order chi connectivity index (χ1) is 14.5. The molecule has 4 aromatic rings. The molecule has 3 aromatic heterocycles. The van der Waals surface area contributed by atoms with Crippen molar-refractivity contribution in [2.24, 2.45) is 0 Å². The number of pyridine rings is 1. The van der Waals surface area contributed by atoms with Crippen LogP contribution in [0.5, 0.6) is 5.75 Å². The van der Waals surface area contributed by atoms with Crippen LogP contribution in [0.3, 0.4) is 0 Å². The summed E-state index contributed by atoms with van der Waals surface area (Å²) >= 11 is 0. The van der Waals surface area contributed by atoms with Gasteiger partial charge in [0, 0.05) is 23.8 Å². The van der Waals surface area contributed by atoms with Gasteiger partial charge in [0.1, 0.15) is 48.5 Å². The maximum absolute atomic E-state index is 10.6. The number of hydrogen-bond donors (Lipinski definition) is 3. The van der Waals surface area contributed by atoms with E-state index in [4.69, 9.17) is 15.2 Å². The second-order valence-corrected chi connectivity index (χ2v) is 7.39. The van der Waals surface area contributed by atoms with Crippen molar-refractivity contribution in [2.75, 3.05) is 12.3 Å². The van der Waals surface area contributed by atoms with Crippen molar-refractivity contribution in [3.63, 3.8) is 0 Å². The van der Waals surface area contributed by atoms with Crippen molar-refractivity contribution >= 4 is 27.8 Å². The van der Waals surface area contributed by atoms with Gasteiger partial charge in [-0.3, -0.25) is 4.98 Å². The third-order valence-electron chi connectivity index (χ3n) is 5.47. The fourth-order valence-corrected chi connectivity index (χ4v) is 3.89. The van der Waals surface area contributed by atoms with E-state index in [0.29, 0.717) is 22.6 Å². The molecule has 0 saturated carbocycles. The van der Waals surface area contributed by atoms with Crippen molar-refractivity contribution in [1.29, 1.82) is 0 Å². The van der Waals surface area contributed by atoms with Gasteiger partial charge >= 0.3 is 0 Å². The number of rotatable bonds is 4. The van der Waals surface area contributed by atoms with Crippen LogP contribution < -0.4 is 10.5 Å². The predicted molar refractivity (Wildman–Crippen MR) is 110 cm³/mol. The van der Waals surface area contributed by atoms with Crippen LogP contribution in [0, 0.1) is 6.92 Å². The fourth-order valence-electron chi connectivity index (χ4n) is 3.89. The number of fused-ring (bicyclic) bond motifs is 2. The van der Waals surface area contributed by atoms with Crippen LogP contribution in [-0.2, 0) is 4.74 Å². The number of aryl methyl sites for hydroxylation is 1. The van der Waals surface area contributed by atoms with E-state index in [-0.39, 0.29) is 6.61 Å². The summed E-state index contributed by atoms with van der Waals surface area (Å²) in [6.45, 7) is 2.06. The summed E-state index contributed by atoms with van der Waals surface area (Å²) in [5.41, 5.74) is 8.27. The van der Waals surface area contributed by atoms with Gasteiger partial charge in [-0.1, -0.05) is 6.07 Å². The molecule has 4 atom stereocenters. The molecule has 9 nitrogen and oxygen atoms in total. The predicted octanol–water partition coefficient (Wildman–Crippen LogP) is 1.57. The molecule has 1 aliphatic heterocycles. The molecule has 9 heteroatoms. The standard InChI is InChI=1S/C21H21N5O4/c1-11-7-12(8-15-13(11)3-2-5-23-15)29-9-16-17(27)18(28)21(30-16)26-6-4-14-19(22)24-10-25-20(14)26/h2-8,10,16-18,21,27-28H,9H2,1H3,(H2,22,24,25)/t16-,17-,18-,21-/m1/s1. The molecule has 30 heavy (non-hydrogen) atoms. The van der Waals surface area contributed by atoms with E-state index < -0.39 is 24.5 Å². The number of benzene rings is 1. The number of nitrogens with zero attached hydrogens (tertiary/aromatic N) is 4. The molecule has 4 N–H and O–H groups in total. The Bertz CT molecular complexity index is 1230. The lowest BCUT2D eigenvalue weighted by Gasteiger charge is -2.17. The van der Waals surface area contributed by atoms with Gasteiger partial charge in [-0.2, -0.15) is 0 Å². The number of nitrogens with two attached hydrogens (primary N) is 1. The molecule has 1 aliphatic rings. The van der Waals surface area contributed by atoms with Gasteiger partial charge in [0.15, 0.2) is 6.23 Å². The summed E-state index contributed by atoms with van der Waals surface area (Å²) in [5, 5.41) is 22.8. The van der Waals surface area contributed by atoms with Gasteiger partial charge in [0.05, 0.1) is 10.9 Å². The molecule has 1 saturated heterocycles. The van der Waals surface area contributed by atoms with Crippen LogP contribution >= 0.6 is 0 Å². The highest BCUT2D eigenvalue weighted by Gasteiger charge is 2.44. The number of anilines is 1. The first kappa shape index (κ1) is 18.7. The summed E-state index contributed by atoms with van der Waals surface area (Å²) in [6, 6.07) is 9.41. The number of hydrogen-bond acceptors (Lipinski definition) is 8. The van der Waals surface area contributed by atoms with Crippen LogP contribution in [0.4, 0.5) is 5.82 Å². The van der Waals surface area contributed by atoms with E-state index in [1.165, 1.54) is 6.33 Å². The van der Waals surface area contributed by atoms with Gasteiger partial charge in [0.2, 0.25) is 0 Å². The molecule has 5 rings (SSSR count). The summed E-state index contributed by atoms with van der Waals surface area (Å²) in [6.07, 6.45) is 0.979. The third kappa shape index (κ3) is 3.04. The average molecular weight is 407 g/mol. The highest BCUT2D eigenvalue weighted by molar-refractivity contribution is 5.86. The topological polar surface area (TPSA) is 129 Å². The monoisotopic (exact) mass is 407 g/mol. The fraction of sp³-hybridized carbons (Fsp3) is 0.286. The Morgan fingerprint density at radius 1 is 1.13 bits per heavy atom. The molecule has 1 aromatic carbocycles. The zero-order chi connectivity index (χ0) is 20.8. The van der Waals surface area contributed by atoms with E-state index in [2.05, 4.69) is 15.0 Å². The van der Waals surface area contributed by atoms with Gasteiger partial charge in [-0.25, -0.2) is 9.97 Å². The number of aromatic nitrogens is 4. The lowest BCUT2D eigenvalue weighted by molar-refractivity contribution is -0.0471.